The summed E-state index contributed by atoms with van der Waals surface area (Å²) in [5.74, 6) is -0.290. The normalized spacial score (nSPS) is 21.8. The standard InChI is InChI=1S/C22H28ClN5O3/c1-13(29)21(30)26-15-6-4-5-14(9-15)22(31)27-20-10-16(18(23)12-24-20)17-11-25-28-8-3-2-7-19(17)28/h10-15,29H,2-9H2,1H3,(H,26,30)(H,24,27,31)/t13?,14-,15?/m1/s1. The lowest BCUT2D eigenvalue weighted by Crippen LogP contribution is -2.44. The van der Waals surface area contributed by atoms with Gasteiger partial charge in [0.2, 0.25) is 11.8 Å². The van der Waals surface area contributed by atoms with Crippen LogP contribution in [0.2, 0.25) is 5.02 Å². The number of aromatic nitrogens is 3. The van der Waals surface area contributed by atoms with Crippen LogP contribution < -0.4 is 10.6 Å². The van der Waals surface area contributed by atoms with E-state index in [0.717, 1.165) is 56.2 Å². The molecular weight excluding hydrogens is 418 g/mol. The van der Waals surface area contributed by atoms with E-state index in [2.05, 4.69) is 20.7 Å². The van der Waals surface area contributed by atoms with Crippen molar-refractivity contribution in [3.63, 3.8) is 0 Å². The number of halogens is 1. The molecule has 8 nitrogen and oxygen atoms in total. The van der Waals surface area contributed by atoms with Gasteiger partial charge in [-0.3, -0.25) is 14.3 Å². The molecule has 1 fully saturated rings. The Morgan fingerprint density at radius 2 is 2.06 bits per heavy atom. The third-order valence-corrected chi connectivity index (χ3v) is 6.45. The smallest absolute Gasteiger partial charge is 0.248 e. The Morgan fingerprint density at radius 3 is 2.87 bits per heavy atom. The highest BCUT2D eigenvalue weighted by Gasteiger charge is 2.29. The molecular formula is C22H28ClN5O3. The Morgan fingerprint density at radius 1 is 1.23 bits per heavy atom. The Labute approximate surface area is 186 Å². The van der Waals surface area contributed by atoms with Gasteiger partial charge < -0.3 is 15.7 Å². The number of aliphatic hydroxyl groups is 1. The number of anilines is 1. The molecule has 0 radical (unpaired) electrons. The Kier molecular flexibility index (Phi) is 6.57. The van der Waals surface area contributed by atoms with E-state index < -0.39 is 12.0 Å². The van der Waals surface area contributed by atoms with Crippen molar-refractivity contribution in [2.75, 3.05) is 5.32 Å². The van der Waals surface area contributed by atoms with Crippen molar-refractivity contribution >= 4 is 29.2 Å². The SMILES string of the molecule is CC(O)C(=O)NC1CCC[C@@H](C(=O)Nc2cc(-c3cnn4c3CCCC4)c(Cl)cn2)C1. The molecule has 31 heavy (non-hydrogen) atoms. The topological polar surface area (TPSA) is 109 Å². The average molecular weight is 446 g/mol. The summed E-state index contributed by atoms with van der Waals surface area (Å²) >= 11 is 6.44. The number of aliphatic hydroxyl groups excluding tert-OH is 1. The van der Waals surface area contributed by atoms with Crippen LogP contribution in [0.3, 0.4) is 0 Å². The average Bonchev–Trinajstić information content (AvgIpc) is 3.19. The minimum atomic E-state index is -1.06. The molecule has 9 heteroatoms. The maximum Gasteiger partial charge on any atom is 0.248 e. The minimum absolute atomic E-state index is 0.112. The molecule has 0 aromatic carbocycles. The lowest BCUT2D eigenvalue weighted by Gasteiger charge is -2.29. The van der Waals surface area contributed by atoms with E-state index in [1.807, 2.05) is 16.9 Å². The van der Waals surface area contributed by atoms with Crippen molar-refractivity contribution < 1.29 is 14.7 Å². The van der Waals surface area contributed by atoms with Crippen molar-refractivity contribution in [1.29, 1.82) is 0 Å². The van der Waals surface area contributed by atoms with Crippen molar-refractivity contribution in [3.05, 3.63) is 29.2 Å². The molecule has 0 bridgehead atoms. The molecule has 0 saturated heterocycles. The fourth-order valence-corrected chi connectivity index (χ4v) is 4.67. The first-order valence-corrected chi connectivity index (χ1v) is 11.3. The van der Waals surface area contributed by atoms with Crippen LogP contribution in [0, 0.1) is 5.92 Å². The third kappa shape index (κ3) is 4.91. The van der Waals surface area contributed by atoms with Crippen molar-refractivity contribution in [3.8, 4) is 11.1 Å². The van der Waals surface area contributed by atoms with Gasteiger partial charge in [-0.2, -0.15) is 5.10 Å². The number of rotatable bonds is 5. The second-order valence-corrected chi connectivity index (χ2v) is 8.88. The summed E-state index contributed by atoms with van der Waals surface area (Å²) in [6, 6.07) is 1.70. The molecule has 1 aliphatic heterocycles. The first kappa shape index (κ1) is 21.8. The molecule has 4 rings (SSSR count). The summed E-state index contributed by atoms with van der Waals surface area (Å²) in [5.41, 5.74) is 2.97. The summed E-state index contributed by atoms with van der Waals surface area (Å²) in [5, 5.41) is 20.2. The number of hydrogen-bond donors (Lipinski definition) is 3. The number of carbonyl (C=O) groups is 2. The molecule has 2 aromatic heterocycles. The lowest BCUT2D eigenvalue weighted by atomic mass is 9.85. The van der Waals surface area contributed by atoms with Gasteiger partial charge >= 0.3 is 0 Å². The predicted molar refractivity (Wildman–Crippen MR) is 118 cm³/mol. The van der Waals surface area contributed by atoms with E-state index in [4.69, 9.17) is 11.6 Å². The van der Waals surface area contributed by atoms with E-state index in [1.165, 1.54) is 12.6 Å². The molecule has 166 valence electrons. The molecule has 3 heterocycles. The zero-order chi connectivity index (χ0) is 22.0. The van der Waals surface area contributed by atoms with Gasteiger partial charge in [0.15, 0.2) is 0 Å². The fourth-order valence-electron chi connectivity index (χ4n) is 4.47. The van der Waals surface area contributed by atoms with Crippen LogP contribution in [0.1, 0.15) is 51.1 Å². The van der Waals surface area contributed by atoms with Crippen LogP contribution in [0.5, 0.6) is 0 Å². The molecule has 1 aliphatic carbocycles. The van der Waals surface area contributed by atoms with Gasteiger partial charge in [0.1, 0.15) is 11.9 Å². The number of aryl methyl sites for hydroxylation is 1. The zero-order valence-corrected chi connectivity index (χ0v) is 18.4. The second kappa shape index (κ2) is 9.36. The van der Waals surface area contributed by atoms with Crippen molar-refractivity contribution in [2.45, 2.75) is 70.6 Å². The van der Waals surface area contributed by atoms with Crippen molar-refractivity contribution in [2.24, 2.45) is 5.92 Å². The van der Waals surface area contributed by atoms with Gasteiger partial charge in [-0.1, -0.05) is 18.0 Å². The fraction of sp³-hybridized carbons (Fsp3) is 0.545. The number of carbonyl (C=O) groups excluding carboxylic acids is 2. The second-order valence-electron chi connectivity index (χ2n) is 8.47. The number of hydrogen-bond acceptors (Lipinski definition) is 5. The number of amides is 2. The van der Waals surface area contributed by atoms with Gasteiger partial charge in [-0.05, 0) is 51.5 Å². The van der Waals surface area contributed by atoms with Gasteiger partial charge in [0.05, 0.1) is 11.2 Å². The monoisotopic (exact) mass is 445 g/mol. The molecule has 3 atom stereocenters. The molecule has 2 aromatic rings. The maximum absolute atomic E-state index is 12.9. The molecule has 1 saturated carbocycles. The highest BCUT2D eigenvalue weighted by molar-refractivity contribution is 6.33. The maximum atomic E-state index is 12.9. The molecule has 2 amide bonds. The Hall–Kier alpha value is -2.45. The van der Waals surface area contributed by atoms with Crippen molar-refractivity contribution in [1.82, 2.24) is 20.1 Å². The van der Waals surface area contributed by atoms with Gasteiger partial charge in [-0.25, -0.2) is 4.98 Å². The van der Waals surface area contributed by atoms with Crippen LogP contribution in [-0.4, -0.2) is 43.8 Å². The first-order chi connectivity index (χ1) is 14.9. The molecule has 2 unspecified atom stereocenters. The van der Waals surface area contributed by atoms with Gasteiger partial charge in [0.25, 0.3) is 0 Å². The summed E-state index contributed by atoms with van der Waals surface area (Å²) < 4.78 is 2.03. The number of pyridine rings is 1. The van der Waals surface area contributed by atoms with E-state index >= 15 is 0 Å². The van der Waals surface area contributed by atoms with Crippen LogP contribution in [0.25, 0.3) is 11.1 Å². The van der Waals surface area contributed by atoms with Crippen LogP contribution in [0.15, 0.2) is 18.5 Å². The lowest BCUT2D eigenvalue weighted by molar-refractivity contribution is -0.130. The first-order valence-electron chi connectivity index (χ1n) is 10.9. The zero-order valence-electron chi connectivity index (χ0n) is 17.6. The summed E-state index contributed by atoms with van der Waals surface area (Å²) in [4.78, 5) is 28.9. The van der Waals surface area contributed by atoms with Crippen LogP contribution >= 0.6 is 11.6 Å². The van der Waals surface area contributed by atoms with E-state index in [1.54, 1.807) is 6.20 Å². The number of fused-ring (bicyclic) bond motifs is 1. The Bertz CT molecular complexity index is 974. The Balaban J connectivity index is 1.46. The largest absolute Gasteiger partial charge is 0.384 e. The highest BCUT2D eigenvalue weighted by atomic mass is 35.5. The number of nitrogens with zero attached hydrogens (tertiary/aromatic N) is 3. The van der Waals surface area contributed by atoms with E-state index in [-0.39, 0.29) is 17.9 Å². The van der Waals surface area contributed by atoms with Crippen LogP contribution in [-0.2, 0) is 22.6 Å². The van der Waals surface area contributed by atoms with Gasteiger partial charge in [-0.15, -0.1) is 0 Å². The third-order valence-electron chi connectivity index (χ3n) is 6.15. The quantitative estimate of drug-likeness (QED) is 0.655. The highest BCUT2D eigenvalue weighted by Crippen LogP contribution is 2.34. The predicted octanol–water partition coefficient (Wildman–Crippen LogP) is 2.93. The summed E-state index contributed by atoms with van der Waals surface area (Å²) in [7, 11) is 0. The van der Waals surface area contributed by atoms with Gasteiger partial charge in [0, 0.05) is 41.5 Å². The molecule has 0 spiro atoms. The van der Waals surface area contributed by atoms with E-state index in [0.29, 0.717) is 17.3 Å². The van der Waals surface area contributed by atoms with Crippen LogP contribution in [0.4, 0.5) is 5.82 Å². The summed E-state index contributed by atoms with van der Waals surface area (Å²) in [6.45, 7) is 2.35. The minimum Gasteiger partial charge on any atom is -0.384 e. The molecule has 3 N–H and O–H groups in total. The van der Waals surface area contributed by atoms with E-state index in [9.17, 15) is 14.7 Å². The molecule has 2 aliphatic rings. The summed E-state index contributed by atoms with van der Waals surface area (Å²) in [6.07, 6.45) is 8.49. The number of nitrogens with one attached hydrogen (secondary N) is 2.